The van der Waals surface area contributed by atoms with Gasteiger partial charge in [0, 0.05) is 17.2 Å². The number of carbonyl (C=O) groups is 2. The molecule has 0 unspecified atom stereocenters. The molecule has 0 atom stereocenters. The summed E-state index contributed by atoms with van der Waals surface area (Å²) < 4.78 is 5.50. The van der Waals surface area contributed by atoms with Gasteiger partial charge in [0.15, 0.2) is 0 Å². The van der Waals surface area contributed by atoms with Gasteiger partial charge in [0.25, 0.3) is 0 Å². The van der Waals surface area contributed by atoms with E-state index in [2.05, 4.69) is 26.2 Å². The second-order valence-electron chi connectivity index (χ2n) is 3.30. The highest BCUT2D eigenvalue weighted by Gasteiger charge is 2.11. The quantitative estimate of drug-likeness (QED) is 0.629. The Bertz CT molecular complexity index is 453. The van der Waals surface area contributed by atoms with Crippen molar-refractivity contribution in [3.63, 3.8) is 0 Å². The summed E-state index contributed by atoms with van der Waals surface area (Å²) in [6, 6.07) is 1.45. The van der Waals surface area contributed by atoms with Gasteiger partial charge in [0.2, 0.25) is 5.91 Å². The summed E-state index contributed by atoms with van der Waals surface area (Å²) in [6.07, 6.45) is 1.49. The third-order valence-electron chi connectivity index (χ3n) is 1.87. The lowest BCUT2D eigenvalue weighted by atomic mass is 10.2. The summed E-state index contributed by atoms with van der Waals surface area (Å²) in [5.74, 6) is -1.39. The number of hydrogen-bond donors (Lipinski definition) is 3. The molecule has 1 aromatic rings. The number of nitrogens with two attached hydrogens (primary N) is 1. The zero-order chi connectivity index (χ0) is 13.5. The summed E-state index contributed by atoms with van der Waals surface area (Å²) in [5, 5.41) is 11.8. The topological polar surface area (TPSA) is 115 Å². The minimum Gasteiger partial charge on any atom is -0.478 e. The molecule has 1 aromatic heterocycles. The second-order valence-corrected chi connectivity index (χ2v) is 4.22. The number of hydrogen-bond acceptors (Lipinski definition) is 5. The Labute approximate surface area is 111 Å². The first kappa shape index (κ1) is 14.4. The van der Waals surface area contributed by atoms with E-state index in [1.54, 1.807) is 0 Å². The van der Waals surface area contributed by atoms with Gasteiger partial charge in [-0.15, -0.1) is 0 Å². The van der Waals surface area contributed by atoms with Gasteiger partial charge in [-0.05, 0) is 22.0 Å². The summed E-state index contributed by atoms with van der Waals surface area (Å²) in [7, 11) is 0. The molecule has 0 aliphatic heterocycles. The monoisotopic (exact) mass is 317 g/mol. The number of ether oxygens (including phenoxy) is 1. The Balaban J connectivity index is 2.51. The van der Waals surface area contributed by atoms with Gasteiger partial charge in [-0.3, -0.25) is 4.79 Å². The highest BCUT2D eigenvalue weighted by Crippen LogP contribution is 2.17. The number of primary amides is 1. The molecule has 1 heterocycles. The number of aromatic nitrogens is 1. The first-order valence-electron chi connectivity index (χ1n) is 4.99. The standard InChI is InChI=1S/C10H12BrN3O4/c11-6-3-7(10(16)17)9(14-4-6)13-1-2-18-5-8(12)15/h3-4H,1-2,5H2,(H2,12,15)(H,13,14)(H,16,17). The molecular weight excluding hydrogens is 306 g/mol. The van der Waals surface area contributed by atoms with Crippen LogP contribution in [0.25, 0.3) is 0 Å². The van der Waals surface area contributed by atoms with E-state index in [0.29, 0.717) is 11.0 Å². The molecule has 1 amide bonds. The number of amides is 1. The van der Waals surface area contributed by atoms with Crippen LogP contribution in [0.15, 0.2) is 16.7 Å². The summed E-state index contributed by atoms with van der Waals surface area (Å²) >= 11 is 3.14. The minimum absolute atomic E-state index is 0.0549. The molecule has 0 saturated heterocycles. The number of rotatable bonds is 7. The molecule has 0 aliphatic carbocycles. The van der Waals surface area contributed by atoms with E-state index >= 15 is 0 Å². The first-order valence-corrected chi connectivity index (χ1v) is 5.78. The van der Waals surface area contributed by atoms with Crippen molar-refractivity contribution in [2.75, 3.05) is 25.1 Å². The van der Waals surface area contributed by atoms with Crippen molar-refractivity contribution in [2.45, 2.75) is 0 Å². The smallest absolute Gasteiger partial charge is 0.339 e. The van der Waals surface area contributed by atoms with Crippen LogP contribution in [0.4, 0.5) is 5.82 Å². The van der Waals surface area contributed by atoms with Gasteiger partial charge in [-0.1, -0.05) is 0 Å². The van der Waals surface area contributed by atoms with E-state index in [1.807, 2.05) is 0 Å². The predicted octanol–water partition coefficient (Wildman–Crippen LogP) is 0.456. The number of nitrogens with zero attached hydrogens (tertiary/aromatic N) is 1. The molecule has 7 nitrogen and oxygen atoms in total. The molecular formula is C10H12BrN3O4. The van der Waals surface area contributed by atoms with Crippen LogP contribution in [0.1, 0.15) is 10.4 Å². The number of halogens is 1. The highest BCUT2D eigenvalue weighted by molar-refractivity contribution is 9.10. The molecule has 1 rings (SSSR count). The normalized spacial score (nSPS) is 10.1. The van der Waals surface area contributed by atoms with Gasteiger partial charge in [-0.25, -0.2) is 9.78 Å². The average molecular weight is 318 g/mol. The van der Waals surface area contributed by atoms with E-state index in [0.717, 1.165) is 0 Å². The largest absolute Gasteiger partial charge is 0.478 e. The molecule has 8 heteroatoms. The van der Waals surface area contributed by atoms with Crippen LogP contribution in [-0.4, -0.2) is 41.7 Å². The minimum atomic E-state index is -1.08. The van der Waals surface area contributed by atoms with Crippen molar-refractivity contribution in [2.24, 2.45) is 5.73 Å². The van der Waals surface area contributed by atoms with Crippen molar-refractivity contribution in [3.8, 4) is 0 Å². The molecule has 0 aromatic carbocycles. The Morgan fingerprint density at radius 2 is 2.28 bits per heavy atom. The van der Waals surface area contributed by atoms with E-state index in [9.17, 15) is 9.59 Å². The molecule has 0 radical (unpaired) electrons. The van der Waals surface area contributed by atoms with Gasteiger partial charge in [0.05, 0.1) is 6.61 Å². The SMILES string of the molecule is NC(=O)COCCNc1ncc(Br)cc1C(=O)O. The molecule has 0 spiro atoms. The summed E-state index contributed by atoms with van der Waals surface area (Å²) in [6.45, 7) is 0.378. The number of pyridine rings is 1. The maximum atomic E-state index is 11.0. The zero-order valence-corrected chi connectivity index (χ0v) is 10.9. The number of anilines is 1. The summed E-state index contributed by atoms with van der Waals surface area (Å²) in [5.41, 5.74) is 4.94. The number of aromatic carboxylic acids is 1. The van der Waals surface area contributed by atoms with Crippen molar-refractivity contribution in [3.05, 3.63) is 22.3 Å². The van der Waals surface area contributed by atoms with Crippen LogP contribution in [0, 0.1) is 0 Å². The zero-order valence-electron chi connectivity index (χ0n) is 9.35. The molecule has 0 fully saturated rings. The number of carboxylic acids is 1. The van der Waals surface area contributed by atoms with Crippen molar-refractivity contribution >= 4 is 33.6 Å². The maximum Gasteiger partial charge on any atom is 0.339 e. The van der Waals surface area contributed by atoms with E-state index in [4.69, 9.17) is 15.6 Å². The lowest BCUT2D eigenvalue weighted by molar-refractivity contribution is -0.122. The molecule has 0 bridgehead atoms. The maximum absolute atomic E-state index is 11.0. The third-order valence-corrected chi connectivity index (χ3v) is 2.30. The van der Waals surface area contributed by atoms with Crippen LogP contribution in [0.5, 0.6) is 0 Å². The van der Waals surface area contributed by atoms with Gasteiger partial charge in [0.1, 0.15) is 18.0 Å². The van der Waals surface area contributed by atoms with Crippen molar-refractivity contribution in [1.82, 2.24) is 4.98 Å². The van der Waals surface area contributed by atoms with E-state index in [-0.39, 0.29) is 24.6 Å². The van der Waals surface area contributed by atoms with Crippen LogP contribution >= 0.6 is 15.9 Å². The Kier molecular flexibility index (Phi) is 5.53. The van der Waals surface area contributed by atoms with Crippen LogP contribution < -0.4 is 11.1 Å². The fourth-order valence-corrected chi connectivity index (χ4v) is 1.49. The number of carbonyl (C=O) groups excluding carboxylic acids is 1. The Hall–Kier alpha value is -1.67. The lowest BCUT2D eigenvalue weighted by Crippen LogP contribution is -2.21. The molecule has 98 valence electrons. The van der Waals surface area contributed by atoms with Crippen molar-refractivity contribution < 1.29 is 19.4 Å². The van der Waals surface area contributed by atoms with E-state index < -0.39 is 11.9 Å². The number of carboxylic acid groups (broad SMARTS) is 1. The predicted molar refractivity (Wildman–Crippen MR) is 67.4 cm³/mol. The van der Waals surface area contributed by atoms with Gasteiger partial charge < -0.3 is 20.9 Å². The molecule has 0 aliphatic rings. The Morgan fingerprint density at radius 1 is 1.56 bits per heavy atom. The van der Waals surface area contributed by atoms with E-state index in [1.165, 1.54) is 12.3 Å². The summed E-state index contributed by atoms with van der Waals surface area (Å²) in [4.78, 5) is 25.3. The van der Waals surface area contributed by atoms with Crippen LogP contribution in [0.2, 0.25) is 0 Å². The highest BCUT2D eigenvalue weighted by atomic mass is 79.9. The van der Waals surface area contributed by atoms with Gasteiger partial charge in [-0.2, -0.15) is 0 Å². The fourth-order valence-electron chi connectivity index (χ4n) is 1.16. The van der Waals surface area contributed by atoms with Crippen molar-refractivity contribution in [1.29, 1.82) is 0 Å². The Morgan fingerprint density at radius 3 is 2.89 bits per heavy atom. The second kappa shape index (κ2) is 6.92. The molecule has 4 N–H and O–H groups in total. The lowest BCUT2D eigenvalue weighted by Gasteiger charge is -2.08. The van der Waals surface area contributed by atoms with Crippen LogP contribution in [-0.2, 0) is 9.53 Å². The fraction of sp³-hybridized carbons (Fsp3) is 0.300. The number of nitrogens with one attached hydrogen (secondary N) is 1. The van der Waals surface area contributed by atoms with Crippen LogP contribution in [0.3, 0.4) is 0 Å². The average Bonchev–Trinajstić information content (AvgIpc) is 2.29. The third kappa shape index (κ3) is 4.68. The molecule has 0 saturated carbocycles. The molecule has 18 heavy (non-hydrogen) atoms. The van der Waals surface area contributed by atoms with Gasteiger partial charge >= 0.3 is 5.97 Å². The first-order chi connectivity index (χ1) is 8.50.